The van der Waals surface area contributed by atoms with Crippen molar-refractivity contribution >= 4 is 29.9 Å². The second-order valence-corrected chi connectivity index (χ2v) is 8.37. The molecule has 2 N–H and O–H groups in total. The number of nitrogens with one attached hydrogen (secondary N) is 2. The van der Waals surface area contributed by atoms with Crippen molar-refractivity contribution in [2.75, 3.05) is 52.4 Å². The minimum absolute atomic E-state index is 0. The Morgan fingerprint density at radius 3 is 2.48 bits per heavy atom. The van der Waals surface area contributed by atoms with Crippen LogP contribution in [0.1, 0.15) is 53.4 Å². The van der Waals surface area contributed by atoms with Gasteiger partial charge in [-0.3, -0.25) is 4.99 Å². The lowest BCUT2D eigenvalue weighted by atomic mass is 10.1. The van der Waals surface area contributed by atoms with E-state index in [0.29, 0.717) is 0 Å². The fourth-order valence-corrected chi connectivity index (χ4v) is 3.70. The van der Waals surface area contributed by atoms with Crippen LogP contribution in [0.15, 0.2) is 4.99 Å². The average Bonchev–Trinajstić information content (AvgIpc) is 2.99. The van der Waals surface area contributed by atoms with Crippen molar-refractivity contribution in [1.82, 2.24) is 20.4 Å². The number of hydrogen-bond donors (Lipinski definition) is 2. The van der Waals surface area contributed by atoms with Crippen molar-refractivity contribution in [3.8, 4) is 0 Å². The van der Waals surface area contributed by atoms with Gasteiger partial charge >= 0.3 is 0 Å². The Kier molecular flexibility index (Phi) is 10.6. The van der Waals surface area contributed by atoms with Gasteiger partial charge in [0.2, 0.25) is 0 Å². The molecular weight excluding hydrogens is 425 g/mol. The molecule has 2 saturated heterocycles. The highest BCUT2D eigenvalue weighted by Gasteiger charge is 2.26. The number of rotatable bonds is 6. The van der Waals surface area contributed by atoms with Gasteiger partial charge in [-0.05, 0) is 66.0 Å². The fourth-order valence-electron chi connectivity index (χ4n) is 3.70. The predicted molar refractivity (Wildman–Crippen MR) is 119 cm³/mol. The lowest BCUT2D eigenvalue weighted by Crippen LogP contribution is -2.42. The third kappa shape index (κ3) is 8.91. The van der Waals surface area contributed by atoms with Gasteiger partial charge in [0.1, 0.15) is 0 Å². The first-order valence-electron chi connectivity index (χ1n) is 9.98. The zero-order chi connectivity index (χ0) is 17.4. The molecule has 0 radical (unpaired) electrons. The summed E-state index contributed by atoms with van der Waals surface area (Å²) in [5.41, 5.74) is 0.168. The summed E-state index contributed by atoms with van der Waals surface area (Å²) in [5, 5.41) is 6.99. The summed E-state index contributed by atoms with van der Waals surface area (Å²) in [7, 11) is 0. The highest BCUT2D eigenvalue weighted by atomic mass is 127. The van der Waals surface area contributed by atoms with E-state index in [1.54, 1.807) is 0 Å². The third-order valence-corrected chi connectivity index (χ3v) is 4.91. The Balaban J connectivity index is 0.00000312. The zero-order valence-corrected chi connectivity index (χ0v) is 19.1. The first-order valence-corrected chi connectivity index (χ1v) is 9.98. The van der Waals surface area contributed by atoms with E-state index >= 15 is 0 Å². The van der Waals surface area contributed by atoms with Crippen molar-refractivity contribution in [3.05, 3.63) is 0 Å². The van der Waals surface area contributed by atoms with Crippen LogP contribution in [0.3, 0.4) is 0 Å². The quantitative estimate of drug-likeness (QED) is 0.274. The monoisotopic (exact) mass is 465 g/mol. The van der Waals surface area contributed by atoms with Crippen LogP contribution in [0.4, 0.5) is 0 Å². The van der Waals surface area contributed by atoms with Gasteiger partial charge in [0.25, 0.3) is 0 Å². The largest absolute Gasteiger partial charge is 0.357 e. The molecule has 25 heavy (non-hydrogen) atoms. The first-order chi connectivity index (χ1) is 11.5. The van der Waals surface area contributed by atoms with Gasteiger partial charge in [0, 0.05) is 38.3 Å². The number of likely N-dealkylation sites (tertiary alicyclic amines) is 2. The molecule has 0 aromatic heterocycles. The van der Waals surface area contributed by atoms with Crippen LogP contribution in [0.2, 0.25) is 0 Å². The molecule has 2 rings (SSSR count). The fraction of sp³-hybridized carbons (Fsp3) is 0.947. The van der Waals surface area contributed by atoms with Gasteiger partial charge in [0.15, 0.2) is 5.96 Å². The molecule has 0 aromatic carbocycles. The van der Waals surface area contributed by atoms with Crippen molar-refractivity contribution in [1.29, 1.82) is 0 Å². The Morgan fingerprint density at radius 1 is 1.12 bits per heavy atom. The molecule has 0 bridgehead atoms. The molecule has 5 nitrogen and oxygen atoms in total. The van der Waals surface area contributed by atoms with E-state index in [0.717, 1.165) is 44.6 Å². The first kappa shape index (κ1) is 23.0. The molecule has 6 heteroatoms. The maximum absolute atomic E-state index is 4.84. The summed E-state index contributed by atoms with van der Waals surface area (Å²) in [6.45, 7) is 17.7. The minimum atomic E-state index is 0. The lowest BCUT2D eigenvalue weighted by molar-refractivity contribution is 0.198. The van der Waals surface area contributed by atoms with Gasteiger partial charge in [-0.25, -0.2) is 0 Å². The number of nitrogens with zero attached hydrogens (tertiary/aromatic N) is 3. The molecule has 2 heterocycles. The summed E-state index contributed by atoms with van der Waals surface area (Å²) >= 11 is 0. The maximum atomic E-state index is 4.84. The molecule has 2 aliphatic rings. The number of guanidine groups is 1. The van der Waals surface area contributed by atoms with Crippen LogP contribution in [-0.2, 0) is 0 Å². The van der Waals surface area contributed by atoms with Crippen LogP contribution in [0.25, 0.3) is 0 Å². The van der Waals surface area contributed by atoms with Gasteiger partial charge in [-0.15, -0.1) is 24.0 Å². The minimum Gasteiger partial charge on any atom is -0.357 e. The highest BCUT2D eigenvalue weighted by molar-refractivity contribution is 14.0. The van der Waals surface area contributed by atoms with Crippen LogP contribution >= 0.6 is 24.0 Å². The summed E-state index contributed by atoms with van der Waals surface area (Å²) in [6, 6.07) is 0. The molecule has 0 aliphatic carbocycles. The molecule has 148 valence electrons. The lowest BCUT2D eigenvalue weighted by Gasteiger charge is -2.29. The number of aliphatic imine (C=N–C) groups is 1. The van der Waals surface area contributed by atoms with Gasteiger partial charge in [0.05, 0.1) is 6.54 Å². The van der Waals surface area contributed by atoms with E-state index < -0.39 is 0 Å². The summed E-state index contributed by atoms with van der Waals surface area (Å²) in [5.74, 6) is 1.91. The molecule has 1 unspecified atom stereocenters. The van der Waals surface area contributed by atoms with Crippen molar-refractivity contribution in [3.63, 3.8) is 0 Å². The summed E-state index contributed by atoms with van der Waals surface area (Å²) < 4.78 is 0. The Morgan fingerprint density at radius 2 is 1.84 bits per heavy atom. The van der Waals surface area contributed by atoms with E-state index in [4.69, 9.17) is 4.99 Å². The molecule has 0 aromatic rings. The topological polar surface area (TPSA) is 42.9 Å². The van der Waals surface area contributed by atoms with E-state index in [1.165, 1.54) is 45.3 Å². The second-order valence-electron chi connectivity index (χ2n) is 8.37. The van der Waals surface area contributed by atoms with E-state index in [-0.39, 0.29) is 29.5 Å². The molecule has 1 atom stereocenters. The van der Waals surface area contributed by atoms with E-state index in [9.17, 15) is 0 Å². The number of hydrogen-bond acceptors (Lipinski definition) is 3. The van der Waals surface area contributed by atoms with Crippen LogP contribution in [0.5, 0.6) is 0 Å². The SMILES string of the molecule is CCNC(=NCCNC(C)(C)C)N1CCC(CN2CCCCC2)C1.I. The van der Waals surface area contributed by atoms with Crippen molar-refractivity contribution in [2.24, 2.45) is 10.9 Å². The highest BCUT2D eigenvalue weighted by Crippen LogP contribution is 2.19. The van der Waals surface area contributed by atoms with Gasteiger partial charge in [-0.2, -0.15) is 0 Å². The zero-order valence-electron chi connectivity index (χ0n) is 16.8. The van der Waals surface area contributed by atoms with E-state index in [1.807, 2.05) is 0 Å². The summed E-state index contributed by atoms with van der Waals surface area (Å²) in [4.78, 5) is 9.98. The predicted octanol–water partition coefficient (Wildman–Crippen LogP) is 2.77. The standard InChI is InChI=1S/C19H39N5.HI/c1-5-20-18(21-10-11-22-19(2,3)4)24-14-9-17(16-24)15-23-12-7-6-8-13-23;/h17,22H,5-16H2,1-4H3,(H,20,21);1H. The van der Waals surface area contributed by atoms with Crippen LogP contribution in [0, 0.1) is 5.92 Å². The van der Waals surface area contributed by atoms with Crippen LogP contribution in [-0.4, -0.2) is 73.7 Å². The molecule has 2 fully saturated rings. The van der Waals surface area contributed by atoms with Crippen LogP contribution < -0.4 is 10.6 Å². The van der Waals surface area contributed by atoms with Gasteiger partial charge < -0.3 is 20.4 Å². The van der Waals surface area contributed by atoms with E-state index in [2.05, 4.69) is 48.1 Å². The third-order valence-electron chi connectivity index (χ3n) is 4.91. The Labute approximate surface area is 172 Å². The Hall–Kier alpha value is -0.0800. The average molecular weight is 465 g/mol. The smallest absolute Gasteiger partial charge is 0.193 e. The normalized spacial score (nSPS) is 22.8. The number of piperidine rings is 1. The van der Waals surface area contributed by atoms with Crippen molar-refractivity contribution in [2.45, 2.75) is 58.9 Å². The summed E-state index contributed by atoms with van der Waals surface area (Å²) in [6.07, 6.45) is 5.51. The number of halogens is 1. The molecular formula is C19H40IN5. The molecule has 0 saturated carbocycles. The second kappa shape index (κ2) is 11.6. The molecule has 0 spiro atoms. The molecule has 0 amide bonds. The maximum Gasteiger partial charge on any atom is 0.193 e. The van der Waals surface area contributed by atoms with Crippen molar-refractivity contribution < 1.29 is 0 Å². The molecule has 2 aliphatic heterocycles. The van der Waals surface area contributed by atoms with Gasteiger partial charge in [-0.1, -0.05) is 6.42 Å². The Bertz CT molecular complexity index is 388.